The molecule has 0 saturated heterocycles. The second-order valence-electron chi connectivity index (χ2n) is 10.5. The topological polar surface area (TPSA) is 113 Å². The van der Waals surface area contributed by atoms with Crippen LogP contribution in [0, 0.1) is 11.2 Å². The van der Waals surface area contributed by atoms with Crippen molar-refractivity contribution in [2.75, 3.05) is 17.6 Å². The minimum absolute atomic E-state index is 0.0229. The van der Waals surface area contributed by atoms with Gasteiger partial charge >= 0.3 is 0 Å². The van der Waals surface area contributed by atoms with Crippen molar-refractivity contribution < 1.29 is 27.0 Å². The quantitative estimate of drug-likeness (QED) is 0.248. The summed E-state index contributed by atoms with van der Waals surface area (Å²) in [5, 5.41) is 5.31. The van der Waals surface area contributed by atoms with Gasteiger partial charge in [-0.25, -0.2) is 4.39 Å². The summed E-state index contributed by atoms with van der Waals surface area (Å²) in [5.41, 5.74) is 3.14. The van der Waals surface area contributed by atoms with Crippen LogP contribution in [0.25, 0.3) is 6.08 Å². The zero-order valence-electron chi connectivity index (χ0n) is 22.4. The van der Waals surface area contributed by atoms with E-state index in [4.69, 9.17) is 16.2 Å². The van der Waals surface area contributed by atoms with Gasteiger partial charge in [-0.1, -0.05) is 80.9 Å². The fourth-order valence-corrected chi connectivity index (χ4v) is 4.36. The van der Waals surface area contributed by atoms with Crippen LogP contribution in [0.4, 0.5) is 10.1 Å². The third kappa shape index (κ3) is 9.89. The van der Waals surface area contributed by atoms with E-state index in [-0.39, 0.29) is 22.9 Å². The molecule has 0 aromatic heterocycles. The minimum Gasteiger partial charge on any atom is -0.351 e. The van der Waals surface area contributed by atoms with E-state index in [0.717, 1.165) is 22.8 Å². The number of anilines is 1. The summed E-state index contributed by atoms with van der Waals surface area (Å²) in [7, 11) is -4.18. The predicted molar refractivity (Wildman–Crippen MR) is 157 cm³/mol. The van der Waals surface area contributed by atoms with Gasteiger partial charge in [-0.05, 0) is 58.9 Å². The van der Waals surface area contributed by atoms with Gasteiger partial charge in [-0.3, -0.25) is 14.1 Å². The normalized spacial score (nSPS) is 12.8. The average molecular weight is 587 g/mol. The summed E-state index contributed by atoms with van der Waals surface area (Å²) in [6.45, 7) is 6.09. The van der Waals surface area contributed by atoms with E-state index in [9.17, 15) is 22.4 Å². The maximum atomic E-state index is 13.5. The monoisotopic (exact) mass is 586 g/mol. The van der Waals surface area contributed by atoms with Crippen LogP contribution in [0.15, 0.2) is 72.8 Å². The van der Waals surface area contributed by atoms with E-state index >= 15 is 0 Å². The second-order valence-corrected chi connectivity index (χ2v) is 12.5. The van der Waals surface area contributed by atoms with Crippen LogP contribution >= 0.6 is 11.6 Å². The molecule has 0 bridgehead atoms. The lowest BCUT2D eigenvalue weighted by Crippen LogP contribution is -2.28. The van der Waals surface area contributed by atoms with Crippen LogP contribution in [0.2, 0.25) is 5.02 Å². The Morgan fingerprint density at radius 3 is 2.25 bits per heavy atom. The molecule has 40 heavy (non-hydrogen) atoms. The molecule has 2 amide bonds. The Morgan fingerprint density at radius 1 is 1.02 bits per heavy atom. The Kier molecular flexibility index (Phi) is 10.2. The van der Waals surface area contributed by atoms with Gasteiger partial charge in [-0.2, -0.15) is 8.42 Å². The number of carbonyl (C=O) groups excluding carboxylic acids is 2. The van der Waals surface area contributed by atoms with E-state index in [0.29, 0.717) is 17.7 Å². The molecule has 1 atom stereocenters. The maximum absolute atomic E-state index is 13.5. The van der Waals surface area contributed by atoms with Crippen LogP contribution in [-0.2, 0) is 21.3 Å². The summed E-state index contributed by atoms with van der Waals surface area (Å²) in [6, 6.07) is 18.0. The van der Waals surface area contributed by atoms with Crippen molar-refractivity contribution in [3.05, 3.63) is 106 Å². The van der Waals surface area contributed by atoms with Crippen LogP contribution in [-0.4, -0.2) is 37.1 Å². The zero-order valence-corrected chi connectivity index (χ0v) is 24.0. The lowest BCUT2D eigenvalue weighted by Gasteiger charge is -2.19. The van der Waals surface area contributed by atoms with Gasteiger partial charge in [0.05, 0.1) is 22.4 Å². The number of nitrogens with one attached hydrogen (secondary N) is 2. The number of benzene rings is 3. The second kappa shape index (κ2) is 13.2. The number of rotatable bonds is 10. The van der Waals surface area contributed by atoms with Gasteiger partial charge in [-0.15, -0.1) is 0 Å². The fourth-order valence-electron chi connectivity index (χ4n) is 3.78. The Hall–Kier alpha value is -3.53. The summed E-state index contributed by atoms with van der Waals surface area (Å²) in [6.07, 6.45) is 4.42. The Bertz CT molecular complexity index is 1480. The molecule has 0 fully saturated rings. The zero-order chi connectivity index (χ0) is 29.5. The van der Waals surface area contributed by atoms with Crippen molar-refractivity contribution in [3.63, 3.8) is 0 Å². The van der Waals surface area contributed by atoms with Crippen molar-refractivity contribution in [3.8, 4) is 0 Å². The van der Waals surface area contributed by atoms with Crippen molar-refractivity contribution in [1.29, 1.82) is 0 Å². The van der Waals surface area contributed by atoms with Crippen LogP contribution in [0.1, 0.15) is 53.7 Å². The smallest absolute Gasteiger partial charge is 0.266 e. The molecule has 10 heteroatoms. The highest BCUT2D eigenvalue weighted by atomic mass is 35.5. The predicted octanol–water partition coefficient (Wildman–Crippen LogP) is 6.12. The summed E-state index contributed by atoms with van der Waals surface area (Å²) >= 11 is 6.14. The van der Waals surface area contributed by atoms with Gasteiger partial charge in [0.2, 0.25) is 5.91 Å². The van der Waals surface area contributed by atoms with E-state index in [2.05, 4.69) is 37.5 Å². The number of hydrogen-bond acceptors (Lipinski definition) is 4. The molecular formula is C30H32ClFN2O5S. The molecule has 3 rings (SSSR count). The molecule has 3 aromatic rings. The first-order valence-electron chi connectivity index (χ1n) is 12.6. The Labute approximate surface area is 239 Å². The number of halogens is 2. The van der Waals surface area contributed by atoms with Gasteiger partial charge in [0.15, 0.2) is 0 Å². The first kappa shape index (κ1) is 31.0. The molecule has 0 aliphatic carbocycles. The molecular weight excluding hydrogens is 555 g/mol. The van der Waals surface area contributed by atoms with Crippen LogP contribution in [0.3, 0.4) is 0 Å². The molecule has 7 nitrogen and oxygen atoms in total. The van der Waals surface area contributed by atoms with Gasteiger partial charge in [0, 0.05) is 12.1 Å². The molecule has 3 N–H and O–H groups in total. The Balaban J connectivity index is 1.82. The van der Waals surface area contributed by atoms with Gasteiger partial charge < -0.3 is 10.6 Å². The fraction of sp³-hybridized carbons (Fsp3) is 0.267. The Morgan fingerprint density at radius 2 is 1.68 bits per heavy atom. The highest BCUT2D eigenvalue weighted by Gasteiger charge is 2.23. The first-order valence-corrected chi connectivity index (χ1v) is 14.6. The standard InChI is InChI=1S/C30H32ClFN2O5S/c1-30(2,3)15-14-20-4-8-22(9-5-20)25(29(36)34-27-13-12-24(32)19-26(27)31)18-21-6-10-23(11-7-21)28(35)33-16-17-40(37,38)39/h4-15,19,25H,16-18H2,1-3H3,(H,33,35)(H,34,36)(H,37,38,39)/b15-14+. The maximum Gasteiger partial charge on any atom is 0.266 e. The van der Waals surface area contributed by atoms with Crippen molar-refractivity contribution in [1.82, 2.24) is 5.32 Å². The number of hydrogen-bond donors (Lipinski definition) is 3. The van der Waals surface area contributed by atoms with Crippen molar-refractivity contribution >= 4 is 45.3 Å². The molecule has 0 spiro atoms. The molecule has 3 aromatic carbocycles. The summed E-state index contributed by atoms with van der Waals surface area (Å²) in [5.74, 6) is -2.55. The SMILES string of the molecule is CC(C)(C)/C=C/c1ccc(C(Cc2ccc(C(=O)NCCS(=O)(=O)O)cc2)C(=O)Nc2ccc(F)cc2Cl)cc1. The highest BCUT2D eigenvalue weighted by Crippen LogP contribution is 2.28. The lowest BCUT2D eigenvalue weighted by atomic mass is 9.89. The van der Waals surface area contributed by atoms with Gasteiger partial charge in [0.25, 0.3) is 16.0 Å². The number of allylic oxidation sites excluding steroid dienone is 1. The summed E-state index contributed by atoms with van der Waals surface area (Å²) in [4.78, 5) is 25.8. The molecule has 0 aliphatic rings. The molecule has 0 heterocycles. The average Bonchev–Trinajstić information content (AvgIpc) is 2.87. The number of carbonyl (C=O) groups is 2. The lowest BCUT2D eigenvalue weighted by molar-refractivity contribution is -0.117. The molecule has 212 valence electrons. The van der Waals surface area contributed by atoms with Crippen molar-refractivity contribution in [2.45, 2.75) is 33.1 Å². The highest BCUT2D eigenvalue weighted by molar-refractivity contribution is 7.85. The van der Waals surface area contributed by atoms with Crippen LogP contribution < -0.4 is 10.6 Å². The minimum atomic E-state index is -4.18. The molecule has 1 unspecified atom stereocenters. The largest absolute Gasteiger partial charge is 0.351 e. The molecule has 0 saturated carbocycles. The van der Waals surface area contributed by atoms with Crippen LogP contribution in [0.5, 0.6) is 0 Å². The third-order valence-electron chi connectivity index (χ3n) is 5.92. The first-order chi connectivity index (χ1) is 18.7. The molecule has 0 radical (unpaired) electrons. The molecule has 0 aliphatic heterocycles. The third-order valence-corrected chi connectivity index (χ3v) is 6.95. The number of amides is 2. The van der Waals surface area contributed by atoms with Gasteiger partial charge in [0.1, 0.15) is 5.82 Å². The van der Waals surface area contributed by atoms with E-state index in [1.54, 1.807) is 24.3 Å². The van der Waals surface area contributed by atoms with E-state index < -0.39 is 33.5 Å². The summed E-state index contributed by atoms with van der Waals surface area (Å²) < 4.78 is 44.0. The van der Waals surface area contributed by atoms with E-state index in [1.165, 1.54) is 12.1 Å². The van der Waals surface area contributed by atoms with E-state index in [1.807, 2.05) is 30.3 Å². The van der Waals surface area contributed by atoms with Crippen molar-refractivity contribution in [2.24, 2.45) is 5.41 Å².